The molecule has 0 aliphatic heterocycles. The molecular weight excluding hydrogens is 170 g/mol. The van der Waals surface area contributed by atoms with Crippen LogP contribution in [0, 0.1) is 17.3 Å². The highest BCUT2D eigenvalue weighted by molar-refractivity contribution is 5.05. The van der Waals surface area contributed by atoms with E-state index >= 15 is 0 Å². The zero-order chi connectivity index (χ0) is 9.60. The lowest BCUT2D eigenvalue weighted by atomic mass is 9.87. The SMILES string of the molecule is CC1(C2CCCC2)CC1CNC1CC1. The highest BCUT2D eigenvalue weighted by Crippen LogP contribution is 2.61. The molecule has 3 fully saturated rings. The van der Waals surface area contributed by atoms with Crippen molar-refractivity contribution in [2.75, 3.05) is 6.54 Å². The van der Waals surface area contributed by atoms with E-state index in [0.717, 1.165) is 23.3 Å². The van der Waals surface area contributed by atoms with Gasteiger partial charge in [-0.2, -0.15) is 0 Å². The third kappa shape index (κ3) is 1.60. The van der Waals surface area contributed by atoms with Gasteiger partial charge >= 0.3 is 0 Å². The molecule has 3 aliphatic carbocycles. The lowest BCUT2D eigenvalue weighted by Crippen LogP contribution is -2.23. The first-order valence-corrected chi connectivity index (χ1v) is 6.52. The number of rotatable bonds is 4. The second-order valence-electron chi connectivity index (χ2n) is 6.07. The van der Waals surface area contributed by atoms with Gasteiger partial charge in [-0.15, -0.1) is 0 Å². The van der Waals surface area contributed by atoms with Crippen molar-refractivity contribution in [1.29, 1.82) is 0 Å². The summed E-state index contributed by atoms with van der Waals surface area (Å²) < 4.78 is 0. The van der Waals surface area contributed by atoms with E-state index in [1.165, 1.54) is 51.5 Å². The lowest BCUT2D eigenvalue weighted by molar-refractivity contribution is 0.308. The smallest absolute Gasteiger partial charge is 0.00683 e. The molecule has 0 spiro atoms. The minimum absolute atomic E-state index is 0.748. The highest BCUT2D eigenvalue weighted by atomic mass is 15.0. The molecule has 14 heavy (non-hydrogen) atoms. The highest BCUT2D eigenvalue weighted by Gasteiger charge is 2.54. The number of hydrogen-bond acceptors (Lipinski definition) is 1. The lowest BCUT2D eigenvalue weighted by Gasteiger charge is -2.19. The third-order valence-corrected chi connectivity index (χ3v) is 4.98. The van der Waals surface area contributed by atoms with Gasteiger partial charge in [0.05, 0.1) is 0 Å². The van der Waals surface area contributed by atoms with Crippen LogP contribution in [0.15, 0.2) is 0 Å². The van der Waals surface area contributed by atoms with Crippen LogP contribution in [0.5, 0.6) is 0 Å². The van der Waals surface area contributed by atoms with Crippen molar-refractivity contribution in [1.82, 2.24) is 5.32 Å². The summed E-state index contributed by atoms with van der Waals surface area (Å²) in [5.41, 5.74) is 0.748. The average molecular weight is 193 g/mol. The second-order valence-corrected chi connectivity index (χ2v) is 6.07. The molecule has 2 unspecified atom stereocenters. The first-order valence-electron chi connectivity index (χ1n) is 6.52. The van der Waals surface area contributed by atoms with Crippen molar-refractivity contribution >= 4 is 0 Å². The van der Waals surface area contributed by atoms with Crippen LogP contribution in [0.3, 0.4) is 0 Å². The van der Waals surface area contributed by atoms with Crippen molar-refractivity contribution in [3.63, 3.8) is 0 Å². The zero-order valence-corrected chi connectivity index (χ0v) is 9.39. The zero-order valence-electron chi connectivity index (χ0n) is 9.39. The van der Waals surface area contributed by atoms with Gasteiger partial charge in [0.25, 0.3) is 0 Å². The van der Waals surface area contributed by atoms with Crippen LogP contribution in [0.1, 0.15) is 51.9 Å². The Morgan fingerprint density at radius 1 is 1.14 bits per heavy atom. The van der Waals surface area contributed by atoms with Gasteiger partial charge in [-0.3, -0.25) is 0 Å². The van der Waals surface area contributed by atoms with Gasteiger partial charge in [-0.05, 0) is 55.9 Å². The first kappa shape index (κ1) is 9.21. The van der Waals surface area contributed by atoms with Crippen LogP contribution in [-0.4, -0.2) is 12.6 Å². The topological polar surface area (TPSA) is 12.0 Å². The maximum absolute atomic E-state index is 3.70. The van der Waals surface area contributed by atoms with Crippen molar-refractivity contribution in [2.24, 2.45) is 17.3 Å². The van der Waals surface area contributed by atoms with E-state index in [2.05, 4.69) is 12.2 Å². The quantitative estimate of drug-likeness (QED) is 0.724. The van der Waals surface area contributed by atoms with E-state index in [0.29, 0.717) is 0 Å². The molecule has 0 heterocycles. The van der Waals surface area contributed by atoms with E-state index in [-0.39, 0.29) is 0 Å². The molecule has 0 aromatic heterocycles. The van der Waals surface area contributed by atoms with Crippen molar-refractivity contribution in [3.8, 4) is 0 Å². The fourth-order valence-electron chi connectivity index (χ4n) is 3.46. The van der Waals surface area contributed by atoms with E-state index in [1.807, 2.05) is 0 Å². The van der Waals surface area contributed by atoms with Crippen molar-refractivity contribution < 1.29 is 0 Å². The molecule has 2 atom stereocenters. The Bertz CT molecular complexity index is 215. The molecule has 0 radical (unpaired) electrons. The predicted molar refractivity (Wildman–Crippen MR) is 59.2 cm³/mol. The van der Waals surface area contributed by atoms with E-state index in [4.69, 9.17) is 0 Å². The van der Waals surface area contributed by atoms with Crippen LogP contribution < -0.4 is 5.32 Å². The van der Waals surface area contributed by atoms with E-state index in [9.17, 15) is 0 Å². The van der Waals surface area contributed by atoms with Gasteiger partial charge in [0.15, 0.2) is 0 Å². The summed E-state index contributed by atoms with van der Waals surface area (Å²) in [5, 5.41) is 3.70. The Kier molecular flexibility index (Phi) is 2.12. The first-order chi connectivity index (χ1) is 6.79. The Morgan fingerprint density at radius 3 is 2.50 bits per heavy atom. The normalized spacial score (nSPS) is 43.1. The number of hydrogen-bond donors (Lipinski definition) is 1. The Morgan fingerprint density at radius 2 is 1.86 bits per heavy atom. The Hall–Kier alpha value is -0.0400. The predicted octanol–water partition coefficient (Wildman–Crippen LogP) is 2.95. The number of nitrogens with one attached hydrogen (secondary N) is 1. The summed E-state index contributed by atoms with van der Waals surface area (Å²) in [7, 11) is 0. The molecular formula is C13H23N. The Labute approximate surface area is 87.7 Å². The van der Waals surface area contributed by atoms with Crippen LogP contribution in [0.25, 0.3) is 0 Å². The Balaban J connectivity index is 1.48. The largest absolute Gasteiger partial charge is 0.314 e. The fraction of sp³-hybridized carbons (Fsp3) is 1.00. The summed E-state index contributed by atoms with van der Waals surface area (Å²) in [6.07, 6.45) is 10.4. The van der Waals surface area contributed by atoms with Crippen molar-refractivity contribution in [3.05, 3.63) is 0 Å². The van der Waals surface area contributed by atoms with E-state index < -0.39 is 0 Å². The van der Waals surface area contributed by atoms with Crippen LogP contribution in [0.2, 0.25) is 0 Å². The summed E-state index contributed by atoms with van der Waals surface area (Å²) in [6, 6.07) is 0.906. The van der Waals surface area contributed by atoms with Crippen LogP contribution in [-0.2, 0) is 0 Å². The molecule has 0 amide bonds. The molecule has 1 N–H and O–H groups in total. The van der Waals surface area contributed by atoms with Gasteiger partial charge in [0.1, 0.15) is 0 Å². The van der Waals surface area contributed by atoms with Crippen LogP contribution in [0.4, 0.5) is 0 Å². The minimum Gasteiger partial charge on any atom is -0.314 e. The minimum atomic E-state index is 0.748. The molecule has 3 rings (SSSR count). The molecule has 3 saturated carbocycles. The fourth-order valence-corrected chi connectivity index (χ4v) is 3.46. The molecule has 0 aromatic carbocycles. The summed E-state index contributed by atoms with van der Waals surface area (Å²) >= 11 is 0. The van der Waals surface area contributed by atoms with Gasteiger partial charge in [-0.25, -0.2) is 0 Å². The summed E-state index contributed by atoms with van der Waals surface area (Å²) in [6.45, 7) is 3.86. The van der Waals surface area contributed by atoms with Gasteiger partial charge in [0, 0.05) is 6.04 Å². The van der Waals surface area contributed by atoms with Gasteiger partial charge in [-0.1, -0.05) is 19.8 Å². The molecule has 80 valence electrons. The van der Waals surface area contributed by atoms with Gasteiger partial charge in [0.2, 0.25) is 0 Å². The monoisotopic (exact) mass is 193 g/mol. The maximum atomic E-state index is 3.70. The molecule has 3 aliphatic rings. The summed E-state index contributed by atoms with van der Waals surface area (Å²) in [5.74, 6) is 2.10. The van der Waals surface area contributed by atoms with Gasteiger partial charge < -0.3 is 5.32 Å². The molecule has 0 bridgehead atoms. The van der Waals surface area contributed by atoms with Crippen molar-refractivity contribution in [2.45, 2.75) is 57.9 Å². The van der Waals surface area contributed by atoms with Crippen LogP contribution >= 0.6 is 0 Å². The average Bonchev–Trinajstić information content (AvgIpc) is 3.04. The standard InChI is InChI=1S/C13H23N/c1-13(10-4-2-3-5-10)8-11(13)9-14-12-6-7-12/h10-12,14H,2-9H2,1H3. The second kappa shape index (κ2) is 3.23. The molecule has 1 heteroatoms. The molecule has 0 saturated heterocycles. The third-order valence-electron chi connectivity index (χ3n) is 4.98. The van der Waals surface area contributed by atoms with E-state index in [1.54, 1.807) is 0 Å². The molecule has 0 aromatic rings. The summed E-state index contributed by atoms with van der Waals surface area (Å²) in [4.78, 5) is 0. The molecule has 1 nitrogen and oxygen atoms in total. The maximum Gasteiger partial charge on any atom is 0.00683 e.